The van der Waals surface area contributed by atoms with Gasteiger partial charge in [-0.05, 0) is 24.6 Å². The summed E-state index contributed by atoms with van der Waals surface area (Å²) in [6.07, 6.45) is -0.438. The molecule has 0 bridgehead atoms. The van der Waals surface area contributed by atoms with Crippen LogP contribution in [0.1, 0.15) is 31.7 Å². The highest BCUT2D eigenvalue weighted by Gasteiger charge is 2.33. The Balaban J connectivity index is 2.79. The van der Waals surface area contributed by atoms with Crippen LogP contribution in [0, 0.1) is 11.3 Å². The van der Waals surface area contributed by atoms with Gasteiger partial charge in [-0.3, -0.25) is 4.79 Å². The van der Waals surface area contributed by atoms with Crippen LogP contribution >= 0.6 is 11.6 Å². The lowest BCUT2D eigenvalue weighted by atomic mass is 10.2. The minimum Gasteiger partial charge on any atom is -0.390 e. The molecule has 0 aliphatic rings. The van der Waals surface area contributed by atoms with Crippen LogP contribution in [0.15, 0.2) is 30.0 Å². The predicted octanol–water partition coefficient (Wildman–Crippen LogP) is 4.48. The predicted molar refractivity (Wildman–Crippen MR) is 86.3 cm³/mol. The van der Waals surface area contributed by atoms with Crippen LogP contribution in [-0.4, -0.2) is 12.5 Å². The van der Waals surface area contributed by atoms with E-state index >= 15 is 0 Å². The summed E-state index contributed by atoms with van der Waals surface area (Å²) in [5.74, 6) is -0.795. The third kappa shape index (κ3) is 6.13. The summed E-state index contributed by atoms with van der Waals surface area (Å²) in [6, 6.07) is 4.71. The van der Waals surface area contributed by atoms with E-state index in [4.69, 9.17) is 16.9 Å². The monoisotopic (exact) mass is 359 g/mol. The van der Waals surface area contributed by atoms with Crippen molar-refractivity contribution in [1.82, 2.24) is 5.32 Å². The van der Waals surface area contributed by atoms with Gasteiger partial charge < -0.3 is 10.6 Å². The van der Waals surface area contributed by atoms with Crippen LogP contribution in [0.3, 0.4) is 0 Å². The van der Waals surface area contributed by atoms with Gasteiger partial charge >= 0.3 is 6.18 Å². The Hall–Kier alpha value is -2.20. The molecule has 0 fully saturated rings. The summed E-state index contributed by atoms with van der Waals surface area (Å²) in [4.78, 5) is 12.0. The van der Waals surface area contributed by atoms with Crippen molar-refractivity contribution in [2.45, 2.75) is 32.4 Å². The third-order valence-electron chi connectivity index (χ3n) is 3.07. The molecule has 1 amide bonds. The molecule has 130 valence electrons. The van der Waals surface area contributed by atoms with Gasteiger partial charge in [0.05, 0.1) is 10.6 Å². The first-order chi connectivity index (χ1) is 11.3. The number of halogens is 4. The molecule has 0 radical (unpaired) electrons. The molecule has 0 aliphatic carbocycles. The van der Waals surface area contributed by atoms with E-state index in [-0.39, 0.29) is 11.3 Å². The van der Waals surface area contributed by atoms with Gasteiger partial charge in [0, 0.05) is 18.4 Å². The Morgan fingerprint density at radius 3 is 2.67 bits per heavy atom. The molecule has 0 saturated heterocycles. The van der Waals surface area contributed by atoms with E-state index in [1.807, 2.05) is 6.92 Å². The van der Waals surface area contributed by atoms with Crippen molar-refractivity contribution in [2.24, 2.45) is 0 Å². The summed E-state index contributed by atoms with van der Waals surface area (Å²) in [5, 5.41) is 13.6. The topological polar surface area (TPSA) is 64.9 Å². The second-order valence-corrected chi connectivity index (χ2v) is 5.38. The van der Waals surface area contributed by atoms with Crippen molar-refractivity contribution < 1.29 is 18.0 Å². The Morgan fingerprint density at radius 2 is 2.08 bits per heavy atom. The van der Waals surface area contributed by atoms with Gasteiger partial charge in [-0.25, -0.2) is 0 Å². The molecular formula is C16H17ClF3N3O. The van der Waals surface area contributed by atoms with E-state index in [1.54, 1.807) is 6.07 Å². The van der Waals surface area contributed by atoms with E-state index in [1.165, 1.54) is 12.3 Å². The van der Waals surface area contributed by atoms with Crippen LogP contribution < -0.4 is 10.6 Å². The van der Waals surface area contributed by atoms with Crippen molar-refractivity contribution in [2.75, 3.05) is 11.9 Å². The number of amides is 1. The number of rotatable bonds is 7. The molecular weight excluding hydrogens is 343 g/mol. The molecule has 24 heavy (non-hydrogen) atoms. The van der Waals surface area contributed by atoms with E-state index in [9.17, 15) is 18.0 Å². The maximum absolute atomic E-state index is 12.8. The molecule has 0 saturated carbocycles. The van der Waals surface area contributed by atoms with Gasteiger partial charge in [-0.2, -0.15) is 18.4 Å². The standard InChI is InChI=1S/C16H17ClF3N3O/c1-2-3-4-7-22-10-11(9-21)15(24)23-12-5-6-14(17)13(8-12)16(18,19)20/h5-6,8,10,22H,2-4,7H2,1H3,(H,23,24)/b11-10-. The summed E-state index contributed by atoms with van der Waals surface area (Å²) in [5.41, 5.74) is -1.37. The number of hydrogen-bond acceptors (Lipinski definition) is 3. The second-order valence-electron chi connectivity index (χ2n) is 4.98. The van der Waals surface area contributed by atoms with Gasteiger partial charge in [0.25, 0.3) is 5.91 Å². The van der Waals surface area contributed by atoms with Crippen molar-refractivity contribution in [3.63, 3.8) is 0 Å². The maximum Gasteiger partial charge on any atom is 0.417 e. The van der Waals surface area contributed by atoms with Crippen molar-refractivity contribution in [3.8, 4) is 6.07 Å². The van der Waals surface area contributed by atoms with E-state index in [2.05, 4.69) is 10.6 Å². The van der Waals surface area contributed by atoms with Crippen LogP contribution in [0.4, 0.5) is 18.9 Å². The van der Waals surface area contributed by atoms with E-state index < -0.39 is 22.7 Å². The summed E-state index contributed by atoms with van der Waals surface area (Å²) >= 11 is 5.51. The van der Waals surface area contributed by atoms with Crippen molar-refractivity contribution >= 4 is 23.2 Å². The number of nitrogens with one attached hydrogen (secondary N) is 2. The van der Waals surface area contributed by atoms with E-state index in [0.29, 0.717) is 6.54 Å². The van der Waals surface area contributed by atoms with Crippen LogP contribution in [0.2, 0.25) is 5.02 Å². The van der Waals surface area contributed by atoms with Gasteiger partial charge in [0.15, 0.2) is 0 Å². The molecule has 0 atom stereocenters. The lowest BCUT2D eigenvalue weighted by molar-refractivity contribution is -0.137. The number of carbonyl (C=O) groups excluding carboxylic acids is 1. The third-order valence-corrected chi connectivity index (χ3v) is 3.40. The number of nitrogens with zero attached hydrogens (tertiary/aromatic N) is 1. The first-order valence-corrected chi connectivity index (χ1v) is 7.69. The number of unbranched alkanes of at least 4 members (excludes halogenated alkanes) is 2. The van der Waals surface area contributed by atoms with Crippen LogP contribution in [-0.2, 0) is 11.0 Å². The minimum absolute atomic E-state index is 0.0937. The molecule has 8 heteroatoms. The fourth-order valence-electron chi connectivity index (χ4n) is 1.82. The Bertz CT molecular complexity index is 651. The first kappa shape index (κ1) is 19.8. The van der Waals surface area contributed by atoms with Gasteiger partial charge in [-0.15, -0.1) is 0 Å². The molecule has 0 aliphatic heterocycles. The Morgan fingerprint density at radius 1 is 1.38 bits per heavy atom. The maximum atomic E-state index is 12.8. The largest absolute Gasteiger partial charge is 0.417 e. The molecule has 0 spiro atoms. The minimum atomic E-state index is -4.63. The number of benzene rings is 1. The van der Waals surface area contributed by atoms with Gasteiger partial charge in [0.2, 0.25) is 0 Å². The van der Waals surface area contributed by atoms with Crippen molar-refractivity contribution in [3.05, 3.63) is 40.6 Å². The lowest BCUT2D eigenvalue weighted by Gasteiger charge is -2.11. The summed E-state index contributed by atoms with van der Waals surface area (Å²) in [7, 11) is 0. The zero-order valence-corrected chi connectivity index (χ0v) is 13.8. The molecule has 0 heterocycles. The second kappa shape index (κ2) is 9.18. The van der Waals surface area contributed by atoms with Crippen molar-refractivity contribution in [1.29, 1.82) is 5.26 Å². The summed E-state index contributed by atoms with van der Waals surface area (Å²) < 4.78 is 38.4. The fraction of sp³-hybridized carbons (Fsp3) is 0.375. The highest BCUT2D eigenvalue weighted by atomic mass is 35.5. The number of nitriles is 1. The number of anilines is 1. The summed E-state index contributed by atoms with van der Waals surface area (Å²) in [6.45, 7) is 2.65. The smallest absolute Gasteiger partial charge is 0.390 e. The molecule has 0 aromatic heterocycles. The Labute approximate surface area is 143 Å². The first-order valence-electron chi connectivity index (χ1n) is 7.31. The molecule has 0 unspecified atom stereocenters. The molecule has 2 N–H and O–H groups in total. The van der Waals surface area contributed by atoms with E-state index in [0.717, 1.165) is 31.4 Å². The number of alkyl halides is 3. The lowest BCUT2D eigenvalue weighted by Crippen LogP contribution is -2.17. The number of carbonyl (C=O) groups is 1. The van der Waals surface area contributed by atoms with Crippen LogP contribution in [0.25, 0.3) is 0 Å². The highest BCUT2D eigenvalue weighted by Crippen LogP contribution is 2.36. The van der Waals surface area contributed by atoms with Crippen LogP contribution in [0.5, 0.6) is 0 Å². The average Bonchev–Trinajstić information content (AvgIpc) is 2.51. The number of hydrogen-bond donors (Lipinski definition) is 2. The zero-order valence-electron chi connectivity index (χ0n) is 13.0. The normalized spacial score (nSPS) is 11.8. The molecule has 1 aromatic carbocycles. The molecule has 1 rings (SSSR count). The zero-order chi connectivity index (χ0) is 18.2. The average molecular weight is 360 g/mol. The fourth-order valence-corrected chi connectivity index (χ4v) is 2.04. The quantitative estimate of drug-likeness (QED) is 0.428. The van der Waals surface area contributed by atoms with Gasteiger partial charge in [-0.1, -0.05) is 31.4 Å². The molecule has 1 aromatic rings. The highest BCUT2D eigenvalue weighted by molar-refractivity contribution is 6.31. The SMILES string of the molecule is CCCCCN/C=C(/C#N)C(=O)Nc1ccc(Cl)c(C(F)(F)F)c1. The Kier molecular flexibility index (Phi) is 7.59. The molecule has 4 nitrogen and oxygen atoms in total. The van der Waals surface area contributed by atoms with Gasteiger partial charge in [0.1, 0.15) is 11.6 Å².